The lowest BCUT2D eigenvalue weighted by Crippen LogP contribution is -2.31. The maximum atomic E-state index is 7.42. The maximum absolute atomic E-state index is 7.42. The molecule has 2 aromatic rings. The second-order valence-electron chi connectivity index (χ2n) is 15.8. The number of anilines is 1. The van der Waals surface area contributed by atoms with Crippen LogP contribution >= 0.6 is 11.6 Å². The largest absolute Gasteiger partial charge is 0.496 e. The molecule has 5 aliphatic rings. The second kappa shape index (κ2) is 15.5. The van der Waals surface area contributed by atoms with Crippen LogP contribution in [0.1, 0.15) is 127 Å². The van der Waals surface area contributed by atoms with Gasteiger partial charge in [-0.3, -0.25) is 0 Å². The number of hydrogen-bond donors (Lipinski definition) is 0. The molecule has 0 radical (unpaired) electrons. The number of fused-ring (bicyclic) bond motifs is 4. The van der Waals surface area contributed by atoms with E-state index in [-0.39, 0.29) is 10.8 Å². The van der Waals surface area contributed by atoms with Crippen LogP contribution in [0.2, 0.25) is 0 Å². The van der Waals surface area contributed by atoms with Crippen molar-refractivity contribution in [1.29, 1.82) is 0 Å². The molecule has 2 saturated carbocycles. The Morgan fingerprint density at radius 3 is 2.08 bits per heavy atom. The molecule has 52 heavy (non-hydrogen) atoms. The van der Waals surface area contributed by atoms with Gasteiger partial charge in [-0.15, -0.1) is 0 Å². The Kier molecular flexibility index (Phi) is 11.0. The number of ether oxygens (including phenoxy) is 3. The Hall–Kier alpha value is -3.44. The van der Waals surface area contributed by atoms with E-state index in [1.54, 1.807) is 21.3 Å². The lowest BCUT2D eigenvalue weighted by molar-refractivity contribution is -0.438. The van der Waals surface area contributed by atoms with E-state index < -0.39 is 0 Å². The van der Waals surface area contributed by atoms with Gasteiger partial charge >= 0.3 is 0 Å². The molecule has 2 heterocycles. The third kappa shape index (κ3) is 6.23. The summed E-state index contributed by atoms with van der Waals surface area (Å²) in [5.74, 6) is 2.63. The lowest BCUT2D eigenvalue weighted by Gasteiger charge is -2.30. The SMILES string of the molecule is CCCCN1/C(=C\C=C2/CCCC(/C=C/C3=[N+](CCCC)c4cc(OC)c(OC)cc4C34CCCC4)=C2Cl)C2(CCCC2)c2cc(OC)c(C)cc21. The van der Waals surface area contributed by atoms with E-state index in [1.807, 2.05) is 0 Å². The van der Waals surface area contributed by atoms with Gasteiger partial charge in [0, 0.05) is 46.4 Å². The molecule has 7 rings (SSSR count). The average molecular weight is 724 g/mol. The average Bonchev–Trinajstić information content (AvgIpc) is 3.95. The zero-order valence-corrected chi connectivity index (χ0v) is 33.4. The van der Waals surface area contributed by atoms with Crippen LogP contribution in [0.15, 0.2) is 70.4 Å². The molecule has 2 fully saturated rings. The molecule has 2 aliphatic heterocycles. The summed E-state index contributed by atoms with van der Waals surface area (Å²) in [6.07, 6.45) is 27.1. The van der Waals surface area contributed by atoms with Crippen molar-refractivity contribution in [1.82, 2.24) is 0 Å². The summed E-state index contributed by atoms with van der Waals surface area (Å²) in [4.78, 5) is 2.64. The third-order valence-electron chi connectivity index (χ3n) is 12.9. The number of rotatable bonds is 12. The Labute approximate surface area is 318 Å². The molecule has 2 spiro atoms. The van der Waals surface area contributed by atoms with Crippen LogP contribution in [0.3, 0.4) is 0 Å². The number of nitrogens with zero attached hydrogens (tertiary/aromatic N) is 2. The Bertz CT molecular complexity index is 1830. The van der Waals surface area contributed by atoms with E-state index in [1.165, 1.54) is 102 Å². The molecule has 0 bridgehead atoms. The van der Waals surface area contributed by atoms with E-state index in [0.29, 0.717) is 0 Å². The zero-order valence-electron chi connectivity index (χ0n) is 32.6. The first kappa shape index (κ1) is 36.9. The van der Waals surface area contributed by atoms with Crippen molar-refractivity contribution in [3.05, 3.63) is 87.1 Å². The maximum Gasteiger partial charge on any atom is 0.213 e. The lowest BCUT2D eigenvalue weighted by atomic mass is 9.75. The summed E-state index contributed by atoms with van der Waals surface area (Å²) in [7, 11) is 5.29. The van der Waals surface area contributed by atoms with Crippen LogP contribution in [0, 0.1) is 6.92 Å². The molecule has 0 aromatic heterocycles. The van der Waals surface area contributed by atoms with Gasteiger partial charge in [0.25, 0.3) is 0 Å². The zero-order chi connectivity index (χ0) is 36.5. The van der Waals surface area contributed by atoms with Gasteiger partial charge in [0.15, 0.2) is 17.2 Å². The van der Waals surface area contributed by atoms with Gasteiger partial charge in [-0.2, -0.15) is 4.58 Å². The van der Waals surface area contributed by atoms with Gasteiger partial charge in [-0.1, -0.05) is 76.1 Å². The van der Waals surface area contributed by atoms with Crippen molar-refractivity contribution in [2.45, 2.75) is 128 Å². The molecule has 0 N–H and O–H groups in total. The molecule has 0 unspecified atom stereocenters. The number of allylic oxidation sites excluding steroid dienone is 8. The van der Waals surface area contributed by atoms with Crippen molar-refractivity contribution in [2.75, 3.05) is 39.3 Å². The van der Waals surface area contributed by atoms with Crippen LogP contribution in [0.4, 0.5) is 11.4 Å². The number of methoxy groups -OCH3 is 3. The van der Waals surface area contributed by atoms with Crippen LogP contribution in [0.5, 0.6) is 17.2 Å². The summed E-state index contributed by atoms with van der Waals surface area (Å²) < 4.78 is 20.1. The minimum atomic E-state index is -0.0000210. The van der Waals surface area contributed by atoms with Gasteiger partial charge in [0.1, 0.15) is 12.3 Å². The molecular formula is C46H60ClN2O3+. The normalized spacial score (nSPS) is 21.9. The van der Waals surface area contributed by atoms with Gasteiger partial charge in [0.05, 0.1) is 32.8 Å². The quantitative estimate of drug-likeness (QED) is 0.204. The minimum absolute atomic E-state index is 0.0000210. The number of aryl methyl sites for hydroxylation is 1. The number of halogens is 1. The Balaban J connectivity index is 1.28. The fraction of sp³-hybridized carbons (Fsp3) is 0.543. The van der Waals surface area contributed by atoms with Gasteiger partial charge in [-0.05, 0) is 105 Å². The standard InChI is InChI=1S/C46H60ClN2O3/c1-7-9-26-48-37-28-32(3)39(50-4)29-35(37)45(22-11-12-23-45)42(48)20-18-33-16-15-17-34(44(33)47)19-21-43-46(24-13-14-25-46)36-30-40(51-5)41(52-6)31-38(36)49(43)27-10-8-2/h18-21,28-31H,7-17,22-27H2,1-6H3/q+1. The molecule has 2 aromatic carbocycles. The molecule has 5 nitrogen and oxygen atoms in total. The summed E-state index contributed by atoms with van der Waals surface area (Å²) in [5.41, 5.74) is 12.2. The number of benzene rings is 2. The van der Waals surface area contributed by atoms with E-state index in [2.05, 4.69) is 78.8 Å². The fourth-order valence-electron chi connectivity index (χ4n) is 10.2. The highest BCUT2D eigenvalue weighted by Gasteiger charge is 2.53. The highest BCUT2D eigenvalue weighted by atomic mass is 35.5. The summed E-state index contributed by atoms with van der Waals surface area (Å²) >= 11 is 7.42. The van der Waals surface area contributed by atoms with Crippen molar-refractivity contribution >= 4 is 28.7 Å². The second-order valence-corrected chi connectivity index (χ2v) is 16.2. The molecule has 6 heteroatoms. The molecule has 278 valence electrons. The first-order chi connectivity index (χ1) is 25.3. The van der Waals surface area contributed by atoms with Crippen molar-refractivity contribution in [3.8, 4) is 17.2 Å². The van der Waals surface area contributed by atoms with E-state index in [0.717, 1.165) is 80.3 Å². The van der Waals surface area contributed by atoms with Gasteiger partial charge in [0.2, 0.25) is 5.69 Å². The third-order valence-corrected chi connectivity index (χ3v) is 13.4. The predicted octanol–water partition coefficient (Wildman–Crippen LogP) is 11.9. The van der Waals surface area contributed by atoms with Gasteiger partial charge < -0.3 is 19.1 Å². The smallest absolute Gasteiger partial charge is 0.213 e. The predicted molar refractivity (Wildman–Crippen MR) is 217 cm³/mol. The first-order valence-electron chi connectivity index (χ1n) is 20.2. The monoisotopic (exact) mass is 723 g/mol. The van der Waals surface area contributed by atoms with E-state index in [9.17, 15) is 0 Å². The van der Waals surface area contributed by atoms with Crippen LogP contribution in [0.25, 0.3) is 0 Å². The van der Waals surface area contributed by atoms with Gasteiger partial charge in [-0.25, -0.2) is 0 Å². The molecular weight excluding hydrogens is 664 g/mol. The number of hydrogen-bond acceptors (Lipinski definition) is 4. The highest BCUT2D eigenvalue weighted by Crippen LogP contribution is 2.58. The van der Waals surface area contributed by atoms with Crippen LogP contribution < -0.4 is 19.1 Å². The molecule has 0 atom stereocenters. The summed E-state index contributed by atoms with van der Waals surface area (Å²) in [6.45, 7) is 8.79. The minimum Gasteiger partial charge on any atom is -0.496 e. The van der Waals surface area contributed by atoms with E-state index >= 15 is 0 Å². The van der Waals surface area contributed by atoms with Crippen molar-refractivity contribution in [3.63, 3.8) is 0 Å². The summed E-state index contributed by atoms with van der Waals surface area (Å²) in [6, 6.07) is 9.21. The highest BCUT2D eigenvalue weighted by molar-refractivity contribution is 6.32. The fourth-order valence-corrected chi connectivity index (χ4v) is 10.5. The van der Waals surface area contributed by atoms with Crippen molar-refractivity contribution in [2.24, 2.45) is 0 Å². The topological polar surface area (TPSA) is 33.9 Å². The van der Waals surface area contributed by atoms with Crippen LogP contribution in [-0.4, -0.2) is 44.7 Å². The molecule has 0 saturated heterocycles. The molecule has 0 amide bonds. The molecule has 3 aliphatic carbocycles. The Morgan fingerprint density at radius 1 is 0.750 bits per heavy atom. The van der Waals surface area contributed by atoms with Crippen molar-refractivity contribution < 1.29 is 18.8 Å². The van der Waals surface area contributed by atoms with Crippen LogP contribution in [-0.2, 0) is 10.8 Å². The number of unbranched alkanes of at least 4 members (excludes halogenated alkanes) is 2. The van der Waals surface area contributed by atoms with E-state index in [4.69, 9.17) is 25.8 Å². The first-order valence-corrected chi connectivity index (χ1v) is 20.6. The Morgan fingerprint density at radius 2 is 1.40 bits per heavy atom. The summed E-state index contributed by atoms with van der Waals surface area (Å²) in [5, 5.41) is 0.938.